The van der Waals surface area contributed by atoms with E-state index in [1.165, 1.54) is 12.8 Å². The van der Waals surface area contributed by atoms with E-state index in [9.17, 15) is 18.0 Å². The number of nitrogens with one attached hydrogen (secondary N) is 1. The summed E-state index contributed by atoms with van der Waals surface area (Å²) in [6.07, 6.45) is -2.30. The van der Waals surface area contributed by atoms with Crippen molar-refractivity contribution in [1.29, 1.82) is 0 Å². The van der Waals surface area contributed by atoms with Crippen LogP contribution in [0.5, 0.6) is 0 Å². The molecule has 29 heavy (non-hydrogen) atoms. The number of amides is 1. The van der Waals surface area contributed by atoms with E-state index in [2.05, 4.69) is 16.3 Å². The van der Waals surface area contributed by atoms with Crippen molar-refractivity contribution in [2.45, 2.75) is 25.4 Å². The van der Waals surface area contributed by atoms with E-state index >= 15 is 0 Å². The minimum atomic E-state index is -5.08. The summed E-state index contributed by atoms with van der Waals surface area (Å²) in [7, 11) is 0. The summed E-state index contributed by atoms with van der Waals surface area (Å²) in [6.45, 7) is 2.12. The number of carboxylic acid groups (broad SMARTS) is 1. The van der Waals surface area contributed by atoms with Crippen LogP contribution in [0.4, 0.5) is 24.5 Å². The lowest BCUT2D eigenvalue weighted by atomic mass is 10.1. The van der Waals surface area contributed by atoms with Gasteiger partial charge in [-0.2, -0.15) is 13.2 Å². The molecule has 0 aromatic heterocycles. The zero-order valence-corrected chi connectivity index (χ0v) is 16.1. The van der Waals surface area contributed by atoms with Gasteiger partial charge in [-0.15, -0.1) is 0 Å². The third-order valence-electron chi connectivity index (χ3n) is 4.15. The Labute approximate surface area is 171 Å². The highest BCUT2D eigenvalue weighted by atomic mass is 35.5. The predicted octanol–water partition coefficient (Wildman–Crippen LogP) is 4.75. The van der Waals surface area contributed by atoms with Crippen LogP contribution < -0.4 is 10.2 Å². The number of hydrogen-bond acceptors (Lipinski definition) is 3. The number of rotatable bonds is 4. The molecular weight excluding hydrogens is 409 g/mol. The summed E-state index contributed by atoms with van der Waals surface area (Å²) in [6, 6.07) is 15.4. The first kappa shape index (κ1) is 22.5. The molecule has 0 spiro atoms. The van der Waals surface area contributed by atoms with Gasteiger partial charge in [0.25, 0.3) is 0 Å². The summed E-state index contributed by atoms with van der Waals surface area (Å²) in [4.78, 5) is 23.5. The molecule has 1 aliphatic heterocycles. The summed E-state index contributed by atoms with van der Waals surface area (Å²) < 4.78 is 31.7. The van der Waals surface area contributed by atoms with E-state index in [-0.39, 0.29) is 5.91 Å². The minimum Gasteiger partial charge on any atom is -0.475 e. The number of carbonyl (C=O) groups is 2. The van der Waals surface area contributed by atoms with Crippen LogP contribution in [-0.4, -0.2) is 36.2 Å². The van der Waals surface area contributed by atoms with Gasteiger partial charge in [0.2, 0.25) is 5.91 Å². The number of alkyl halides is 3. The van der Waals surface area contributed by atoms with Gasteiger partial charge in [0.05, 0.1) is 17.8 Å². The molecule has 0 saturated carbocycles. The van der Waals surface area contributed by atoms with E-state index in [1.54, 1.807) is 0 Å². The van der Waals surface area contributed by atoms with Crippen molar-refractivity contribution in [3.05, 3.63) is 59.1 Å². The largest absolute Gasteiger partial charge is 0.490 e. The number of carboxylic acids is 1. The van der Waals surface area contributed by atoms with Gasteiger partial charge in [-0.1, -0.05) is 35.9 Å². The molecule has 0 unspecified atom stereocenters. The van der Waals surface area contributed by atoms with Crippen LogP contribution >= 0.6 is 11.6 Å². The fourth-order valence-corrected chi connectivity index (χ4v) is 2.92. The van der Waals surface area contributed by atoms with E-state index in [1.807, 2.05) is 42.5 Å². The van der Waals surface area contributed by atoms with Crippen LogP contribution in [0.25, 0.3) is 0 Å². The number of benzene rings is 2. The van der Waals surface area contributed by atoms with Crippen molar-refractivity contribution >= 4 is 34.9 Å². The molecule has 0 radical (unpaired) electrons. The average molecular weight is 429 g/mol. The molecule has 2 aromatic rings. The predicted molar refractivity (Wildman–Crippen MR) is 105 cm³/mol. The highest BCUT2D eigenvalue weighted by molar-refractivity contribution is 6.30. The number of nitrogens with zero attached hydrogens (tertiary/aromatic N) is 1. The zero-order chi connectivity index (χ0) is 21.4. The van der Waals surface area contributed by atoms with Crippen LogP contribution in [0.2, 0.25) is 5.02 Å². The van der Waals surface area contributed by atoms with E-state index in [4.69, 9.17) is 21.5 Å². The highest BCUT2D eigenvalue weighted by Crippen LogP contribution is 2.28. The monoisotopic (exact) mass is 428 g/mol. The maximum atomic E-state index is 12.3. The Morgan fingerprint density at radius 2 is 1.59 bits per heavy atom. The number of carbonyl (C=O) groups excluding carboxylic acids is 1. The van der Waals surface area contributed by atoms with Gasteiger partial charge in [0.15, 0.2) is 0 Å². The van der Waals surface area contributed by atoms with E-state index < -0.39 is 12.1 Å². The first-order valence-corrected chi connectivity index (χ1v) is 9.23. The second-order valence-corrected chi connectivity index (χ2v) is 6.80. The first-order chi connectivity index (χ1) is 13.7. The molecule has 0 bridgehead atoms. The second kappa shape index (κ2) is 10.2. The third-order valence-corrected chi connectivity index (χ3v) is 4.40. The molecule has 5 nitrogen and oxygen atoms in total. The van der Waals surface area contributed by atoms with Crippen LogP contribution in [0.3, 0.4) is 0 Å². The van der Waals surface area contributed by atoms with E-state index in [0.29, 0.717) is 11.4 Å². The molecule has 1 aliphatic rings. The first-order valence-electron chi connectivity index (χ1n) is 8.85. The summed E-state index contributed by atoms with van der Waals surface area (Å²) >= 11 is 5.87. The quantitative estimate of drug-likeness (QED) is 0.737. The fraction of sp³-hybridized carbons (Fsp3) is 0.300. The Morgan fingerprint density at radius 1 is 1.03 bits per heavy atom. The molecular formula is C20H20ClF3N2O3. The lowest BCUT2D eigenvalue weighted by Gasteiger charge is -2.21. The molecule has 2 aromatic carbocycles. The van der Waals surface area contributed by atoms with Gasteiger partial charge < -0.3 is 15.3 Å². The molecule has 1 heterocycles. The molecule has 156 valence electrons. The minimum absolute atomic E-state index is 0.00558. The van der Waals surface area contributed by atoms with Crippen LogP contribution in [0.15, 0.2) is 48.5 Å². The van der Waals surface area contributed by atoms with Gasteiger partial charge in [0, 0.05) is 18.1 Å². The number of halogens is 4. The molecule has 2 N–H and O–H groups in total. The highest BCUT2D eigenvalue weighted by Gasteiger charge is 2.38. The Bertz CT molecular complexity index is 836. The summed E-state index contributed by atoms with van der Waals surface area (Å²) in [5, 5.41) is 10.8. The topological polar surface area (TPSA) is 69.6 Å². The molecule has 0 aliphatic carbocycles. The number of aliphatic carboxylic acids is 1. The van der Waals surface area contributed by atoms with Crippen molar-refractivity contribution in [2.75, 3.05) is 23.3 Å². The number of para-hydroxylation sites is 2. The maximum Gasteiger partial charge on any atom is 0.490 e. The smallest absolute Gasteiger partial charge is 0.475 e. The fourth-order valence-electron chi connectivity index (χ4n) is 2.80. The normalized spacial score (nSPS) is 13.4. The second-order valence-electron chi connectivity index (χ2n) is 6.37. The van der Waals surface area contributed by atoms with Crippen molar-refractivity contribution in [3.8, 4) is 0 Å². The van der Waals surface area contributed by atoms with Crippen molar-refractivity contribution in [3.63, 3.8) is 0 Å². The Hall–Kier alpha value is -2.74. The summed E-state index contributed by atoms with van der Waals surface area (Å²) in [5.41, 5.74) is 2.97. The number of hydrogen-bond donors (Lipinski definition) is 2. The molecule has 9 heteroatoms. The maximum absolute atomic E-state index is 12.3. The lowest BCUT2D eigenvalue weighted by molar-refractivity contribution is -0.192. The van der Waals surface area contributed by atoms with Crippen molar-refractivity contribution in [2.24, 2.45) is 0 Å². The molecule has 1 saturated heterocycles. The molecule has 3 rings (SSSR count). The van der Waals surface area contributed by atoms with Crippen LogP contribution in [0, 0.1) is 0 Å². The van der Waals surface area contributed by atoms with Crippen LogP contribution in [-0.2, 0) is 16.0 Å². The van der Waals surface area contributed by atoms with Crippen molar-refractivity contribution in [1.82, 2.24) is 0 Å². The molecule has 1 amide bonds. The average Bonchev–Trinajstić information content (AvgIpc) is 3.18. The lowest BCUT2D eigenvalue weighted by Crippen LogP contribution is -2.21. The van der Waals surface area contributed by atoms with Crippen molar-refractivity contribution < 1.29 is 27.9 Å². The van der Waals surface area contributed by atoms with Gasteiger partial charge in [-0.3, -0.25) is 4.79 Å². The number of anilines is 2. The van der Waals surface area contributed by atoms with Gasteiger partial charge in [0.1, 0.15) is 0 Å². The Kier molecular flexibility index (Phi) is 7.90. The molecule has 0 atom stereocenters. The standard InChI is InChI=1S/C18H19ClN2O.C2HF3O2/c19-15-9-7-14(8-10-15)13-18(22)20-16-5-1-2-6-17(16)21-11-3-4-12-21;3-2(4,5)1(6)7/h1-2,5-10H,3-4,11-13H2,(H,20,22);(H,6,7). The van der Waals surface area contributed by atoms with E-state index in [0.717, 1.165) is 30.0 Å². The zero-order valence-electron chi connectivity index (χ0n) is 15.4. The van der Waals surface area contributed by atoms with Crippen LogP contribution in [0.1, 0.15) is 18.4 Å². The third kappa shape index (κ3) is 7.30. The van der Waals surface area contributed by atoms with Gasteiger partial charge >= 0.3 is 12.1 Å². The SMILES string of the molecule is O=C(Cc1ccc(Cl)cc1)Nc1ccccc1N1CCCC1.O=C(O)C(F)(F)F. The Morgan fingerprint density at radius 3 is 2.14 bits per heavy atom. The summed E-state index contributed by atoms with van der Waals surface area (Å²) in [5.74, 6) is -2.76. The molecule has 1 fully saturated rings. The van der Waals surface area contributed by atoms with Gasteiger partial charge in [-0.05, 0) is 42.7 Å². The Balaban J connectivity index is 0.000000370. The van der Waals surface area contributed by atoms with Gasteiger partial charge in [-0.25, -0.2) is 4.79 Å².